The molecule has 2 aromatic rings. The maximum absolute atomic E-state index is 13.6. The van der Waals surface area contributed by atoms with Crippen LogP contribution in [0.3, 0.4) is 0 Å². The van der Waals surface area contributed by atoms with Crippen molar-refractivity contribution in [1.82, 2.24) is 0 Å². The first-order chi connectivity index (χ1) is 12.2. The fraction of sp³-hybridized carbons (Fsp3) is 0.318. The minimum absolute atomic E-state index is 0.0416. The Balaban J connectivity index is 1.98. The van der Waals surface area contributed by atoms with Crippen LogP contribution in [-0.2, 0) is 6.42 Å². The molecule has 128 valence electrons. The van der Waals surface area contributed by atoms with E-state index >= 15 is 0 Å². The molecule has 1 atom stereocenters. The second kappa shape index (κ2) is 6.40. The number of hydrogen-bond acceptors (Lipinski definition) is 2. The molecule has 0 spiro atoms. The molecule has 2 aromatic carbocycles. The van der Waals surface area contributed by atoms with Crippen LogP contribution in [0.15, 0.2) is 48.5 Å². The van der Waals surface area contributed by atoms with Crippen LogP contribution in [0.25, 0.3) is 5.57 Å². The molecular formula is C22H23NO2. The predicted octanol–water partition coefficient (Wildman–Crippen LogP) is 4.85. The molecule has 3 heteroatoms. The number of aryl methyl sites for hydroxylation is 1. The molecule has 0 N–H and O–H groups in total. The molecule has 3 nitrogen and oxygen atoms in total. The van der Waals surface area contributed by atoms with Gasteiger partial charge in [-0.05, 0) is 60.6 Å². The number of carbonyl (C=O) groups is 1. The maximum Gasteiger partial charge on any atom is 0.263 e. The van der Waals surface area contributed by atoms with Crippen molar-refractivity contribution in [3.05, 3.63) is 65.2 Å². The number of carbonyl (C=O) groups excluding carboxylic acids is 1. The van der Waals surface area contributed by atoms with Gasteiger partial charge in [-0.3, -0.25) is 4.79 Å². The third kappa shape index (κ3) is 2.55. The summed E-state index contributed by atoms with van der Waals surface area (Å²) in [5, 5.41) is 0. The Morgan fingerprint density at radius 2 is 1.88 bits per heavy atom. The summed E-state index contributed by atoms with van der Waals surface area (Å²) in [5.41, 5.74) is 5.35. The first-order valence-corrected chi connectivity index (χ1v) is 9.04. The second-order valence-corrected chi connectivity index (χ2v) is 6.71. The van der Waals surface area contributed by atoms with Crippen molar-refractivity contribution in [2.45, 2.75) is 38.6 Å². The number of hydrogen-bond donors (Lipinski definition) is 0. The lowest BCUT2D eigenvalue weighted by Crippen LogP contribution is -2.38. The van der Waals surface area contributed by atoms with Gasteiger partial charge in [0.05, 0.1) is 18.7 Å². The summed E-state index contributed by atoms with van der Waals surface area (Å²) in [4.78, 5) is 15.6. The summed E-state index contributed by atoms with van der Waals surface area (Å²) in [6.45, 7) is 2.14. The van der Waals surface area contributed by atoms with E-state index in [0.717, 1.165) is 42.5 Å². The molecule has 0 radical (unpaired) electrons. The van der Waals surface area contributed by atoms with Crippen LogP contribution >= 0.6 is 0 Å². The van der Waals surface area contributed by atoms with Gasteiger partial charge in [-0.2, -0.15) is 0 Å². The quantitative estimate of drug-likeness (QED) is 0.803. The van der Waals surface area contributed by atoms with E-state index in [1.165, 1.54) is 11.1 Å². The molecule has 1 amide bonds. The Hall–Kier alpha value is -2.55. The Morgan fingerprint density at radius 3 is 2.60 bits per heavy atom. The Kier molecular flexibility index (Phi) is 4.08. The zero-order valence-corrected chi connectivity index (χ0v) is 14.8. The average Bonchev–Trinajstić information content (AvgIpc) is 2.79. The molecule has 1 unspecified atom stereocenters. The maximum atomic E-state index is 13.6. The normalized spacial score (nSPS) is 19.1. The number of para-hydroxylation sites is 1. The lowest BCUT2D eigenvalue weighted by molar-refractivity contribution is 0.0978. The number of ether oxygens (including phenoxy) is 1. The van der Waals surface area contributed by atoms with E-state index in [2.05, 4.69) is 19.1 Å². The molecule has 0 saturated heterocycles. The largest absolute Gasteiger partial charge is 0.496 e. The van der Waals surface area contributed by atoms with Crippen molar-refractivity contribution in [3.63, 3.8) is 0 Å². The highest BCUT2D eigenvalue weighted by Gasteiger charge is 2.34. The average molecular weight is 333 g/mol. The molecule has 1 aliphatic heterocycles. The summed E-state index contributed by atoms with van der Waals surface area (Å²) in [6, 6.07) is 14.1. The van der Waals surface area contributed by atoms with Crippen LogP contribution in [0.5, 0.6) is 5.75 Å². The lowest BCUT2D eigenvalue weighted by atomic mass is 9.83. The molecular weight excluding hydrogens is 310 g/mol. The van der Waals surface area contributed by atoms with Gasteiger partial charge in [0, 0.05) is 5.69 Å². The highest BCUT2D eigenvalue weighted by molar-refractivity contribution is 6.13. The smallest absolute Gasteiger partial charge is 0.263 e. The fourth-order valence-corrected chi connectivity index (χ4v) is 4.12. The molecule has 25 heavy (non-hydrogen) atoms. The summed E-state index contributed by atoms with van der Waals surface area (Å²) in [7, 11) is 1.65. The topological polar surface area (TPSA) is 29.5 Å². The van der Waals surface area contributed by atoms with Crippen molar-refractivity contribution >= 4 is 17.2 Å². The van der Waals surface area contributed by atoms with Crippen molar-refractivity contribution in [2.24, 2.45) is 0 Å². The van der Waals surface area contributed by atoms with Crippen LogP contribution in [0.4, 0.5) is 5.69 Å². The van der Waals surface area contributed by atoms with Gasteiger partial charge in [-0.15, -0.1) is 0 Å². The number of benzene rings is 2. The minimum Gasteiger partial charge on any atom is -0.496 e. The molecule has 0 saturated carbocycles. The number of nitrogens with zero attached hydrogens (tertiary/aromatic N) is 1. The van der Waals surface area contributed by atoms with Crippen molar-refractivity contribution in [3.8, 4) is 5.75 Å². The van der Waals surface area contributed by atoms with E-state index in [-0.39, 0.29) is 11.9 Å². The van der Waals surface area contributed by atoms with Gasteiger partial charge in [-0.1, -0.05) is 37.3 Å². The molecule has 4 rings (SSSR count). The SMILES string of the molecule is CCC1C=C2CCCc3ccc(OC)c(c32)C(=O)N1c1ccccc1. The zero-order valence-electron chi connectivity index (χ0n) is 14.8. The molecule has 1 aliphatic carbocycles. The van der Waals surface area contributed by atoms with E-state index in [4.69, 9.17) is 4.74 Å². The summed E-state index contributed by atoms with van der Waals surface area (Å²) in [5.74, 6) is 0.717. The highest BCUT2D eigenvalue weighted by Crippen LogP contribution is 2.42. The van der Waals surface area contributed by atoms with Crippen LogP contribution in [0, 0.1) is 0 Å². The first-order valence-electron chi connectivity index (χ1n) is 9.04. The third-order valence-electron chi connectivity index (χ3n) is 5.30. The standard InChI is InChI=1S/C22H23NO2/c1-3-17-14-16-9-7-8-15-12-13-19(25-2)21(20(15)16)22(24)23(17)18-10-5-4-6-11-18/h4-6,10-14,17H,3,7-9H2,1-2H3. The van der Waals surface area contributed by atoms with E-state index < -0.39 is 0 Å². The van der Waals surface area contributed by atoms with Gasteiger partial charge in [0.1, 0.15) is 5.75 Å². The lowest BCUT2D eigenvalue weighted by Gasteiger charge is -2.29. The van der Waals surface area contributed by atoms with Gasteiger partial charge < -0.3 is 9.64 Å². The number of anilines is 1. The van der Waals surface area contributed by atoms with Crippen LogP contribution in [-0.4, -0.2) is 19.1 Å². The van der Waals surface area contributed by atoms with Crippen molar-refractivity contribution < 1.29 is 9.53 Å². The third-order valence-corrected chi connectivity index (χ3v) is 5.30. The Labute approximate surface area is 148 Å². The minimum atomic E-state index is 0.0416. The van der Waals surface area contributed by atoms with Gasteiger partial charge in [0.25, 0.3) is 5.91 Å². The number of allylic oxidation sites excluding steroid dienone is 1. The highest BCUT2D eigenvalue weighted by atomic mass is 16.5. The molecule has 0 fully saturated rings. The fourth-order valence-electron chi connectivity index (χ4n) is 4.12. The number of amides is 1. The van der Waals surface area contributed by atoms with Crippen LogP contribution in [0.2, 0.25) is 0 Å². The van der Waals surface area contributed by atoms with Gasteiger partial charge in [0.15, 0.2) is 0 Å². The number of methoxy groups -OCH3 is 1. The van der Waals surface area contributed by atoms with Gasteiger partial charge >= 0.3 is 0 Å². The van der Waals surface area contributed by atoms with Gasteiger partial charge in [-0.25, -0.2) is 0 Å². The Morgan fingerprint density at radius 1 is 1.08 bits per heavy atom. The van der Waals surface area contributed by atoms with E-state index in [1.54, 1.807) is 7.11 Å². The first kappa shape index (κ1) is 15.9. The predicted molar refractivity (Wildman–Crippen MR) is 101 cm³/mol. The zero-order chi connectivity index (χ0) is 17.4. The van der Waals surface area contributed by atoms with E-state index in [1.807, 2.05) is 41.3 Å². The number of rotatable bonds is 3. The summed E-state index contributed by atoms with van der Waals surface area (Å²) in [6.07, 6.45) is 6.38. The molecule has 0 aromatic heterocycles. The van der Waals surface area contributed by atoms with Crippen LogP contribution in [0.1, 0.15) is 47.7 Å². The summed E-state index contributed by atoms with van der Waals surface area (Å²) < 4.78 is 5.59. The van der Waals surface area contributed by atoms with E-state index in [9.17, 15) is 4.79 Å². The van der Waals surface area contributed by atoms with Crippen molar-refractivity contribution in [2.75, 3.05) is 12.0 Å². The molecule has 2 aliphatic rings. The van der Waals surface area contributed by atoms with Crippen LogP contribution < -0.4 is 9.64 Å². The Bertz CT molecular complexity index is 839. The molecule has 0 bridgehead atoms. The summed E-state index contributed by atoms with van der Waals surface area (Å²) >= 11 is 0. The van der Waals surface area contributed by atoms with Crippen molar-refractivity contribution in [1.29, 1.82) is 0 Å². The molecule has 1 heterocycles. The monoisotopic (exact) mass is 333 g/mol. The second-order valence-electron chi connectivity index (χ2n) is 6.71. The van der Waals surface area contributed by atoms with Gasteiger partial charge in [0.2, 0.25) is 0 Å². The van der Waals surface area contributed by atoms with E-state index in [0.29, 0.717) is 5.75 Å².